The lowest BCUT2D eigenvalue weighted by molar-refractivity contribution is -0.132. The minimum atomic E-state index is -0.931. The van der Waals surface area contributed by atoms with E-state index >= 15 is 0 Å². The number of hydrogen-bond acceptors (Lipinski definition) is 8. The van der Waals surface area contributed by atoms with Crippen molar-refractivity contribution in [3.63, 3.8) is 0 Å². The lowest BCUT2D eigenvalue weighted by atomic mass is 9.95. The van der Waals surface area contributed by atoms with E-state index in [2.05, 4.69) is 10.2 Å². The molecular formula is C35H28FN3O4S2. The van der Waals surface area contributed by atoms with E-state index in [1.807, 2.05) is 62.4 Å². The van der Waals surface area contributed by atoms with E-state index in [9.17, 15) is 19.1 Å². The number of benzene rings is 4. The van der Waals surface area contributed by atoms with Gasteiger partial charge < -0.3 is 9.84 Å². The third kappa shape index (κ3) is 6.38. The van der Waals surface area contributed by atoms with Crippen LogP contribution in [0.4, 0.5) is 9.52 Å². The fraction of sp³-hybridized carbons (Fsp3) is 0.143. The molecule has 1 atom stereocenters. The Hall–Kier alpha value is -4.80. The van der Waals surface area contributed by atoms with Crippen molar-refractivity contribution in [1.82, 2.24) is 10.2 Å². The molecule has 1 aromatic heterocycles. The second-order valence-corrected chi connectivity index (χ2v) is 12.7. The highest BCUT2D eigenvalue weighted by Gasteiger charge is 2.48. The number of aliphatic hydroxyl groups is 1. The van der Waals surface area contributed by atoms with Crippen LogP contribution in [-0.4, -0.2) is 27.0 Å². The van der Waals surface area contributed by atoms with Crippen LogP contribution in [0.3, 0.4) is 0 Å². The van der Waals surface area contributed by atoms with Crippen molar-refractivity contribution in [1.29, 1.82) is 0 Å². The minimum absolute atomic E-state index is 0.0480. The SMILES string of the molecule is Cc1ccc(C2C(=C(O)c3ccc(OCc4ccccc4C)cc3)C(=O)C(=O)N2c2nnc(SCc3ccccc3F)s2)cc1. The molecule has 0 spiro atoms. The molecule has 0 bridgehead atoms. The van der Waals surface area contributed by atoms with Gasteiger partial charge in [-0.3, -0.25) is 14.5 Å². The number of amides is 1. The Bertz CT molecular complexity index is 1910. The molecule has 0 aliphatic carbocycles. The zero-order valence-electron chi connectivity index (χ0n) is 24.4. The summed E-state index contributed by atoms with van der Waals surface area (Å²) in [6.45, 7) is 4.35. The molecule has 5 aromatic rings. The van der Waals surface area contributed by atoms with Crippen molar-refractivity contribution >= 4 is 45.7 Å². The van der Waals surface area contributed by atoms with E-state index in [1.165, 1.54) is 22.7 Å². The quantitative estimate of drug-likeness (QED) is 0.0580. The zero-order valence-corrected chi connectivity index (χ0v) is 26.1. The molecule has 6 rings (SSSR count). The number of anilines is 1. The van der Waals surface area contributed by atoms with Gasteiger partial charge in [-0.15, -0.1) is 10.2 Å². The number of nitrogens with zero attached hydrogens (tertiary/aromatic N) is 3. The van der Waals surface area contributed by atoms with E-state index in [0.29, 0.717) is 39.1 Å². The third-order valence-electron chi connectivity index (χ3n) is 7.53. The largest absolute Gasteiger partial charge is 0.507 e. The minimum Gasteiger partial charge on any atom is -0.507 e. The summed E-state index contributed by atoms with van der Waals surface area (Å²) in [5.74, 6) is -1.33. The average molecular weight is 638 g/mol. The first kappa shape index (κ1) is 30.2. The van der Waals surface area contributed by atoms with Crippen molar-refractivity contribution in [2.45, 2.75) is 36.6 Å². The fourth-order valence-electron chi connectivity index (χ4n) is 5.00. The highest BCUT2D eigenvalue weighted by Crippen LogP contribution is 2.44. The number of carbonyl (C=O) groups excluding carboxylic acids is 2. The summed E-state index contributed by atoms with van der Waals surface area (Å²) in [5, 5.41) is 20.1. The van der Waals surface area contributed by atoms with Crippen LogP contribution < -0.4 is 9.64 Å². The van der Waals surface area contributed by atoms with Crippen LogP contribution in [0.2, 0.25) is 0 Å². The maximum absolute atomic E-state index is 14.1. The van der Waals surface area contributed by atoms with Gasteiger partial charge in [-0.25, -0.2) is 4.39 Å². The first-order chi connectivity index (χ1) is 21.8. The van der Waals surface area contributed by atoms with Crippen LogP contribution in [0.1, 0.15) is 39.4 Å². The number of aryl methyl sites for hydroxylation is 2. The fourth-order valence-corrected chi connectivity index (χ4v) is 6.86. The molecule has 1 aliphatic rings. The van der Waals surface area contributed by atoms with Gasteiger partial charge in [0.15, 0.2) is 4.34 Å². The molecule has 1 unspecified atom stereocenters. The summed E-state index contributed by atoms with van der Waals surface area (Å²) in [6, 6.07) is 27.7. The first-order valence-electron chi connectivity index (χ1n) is 14.1. The Morgan fingerprint density at radius 1 is 0.911 bits per heavy atom. The molecular weight excluding hydrogens is 610 g/mol. The predicted octanol–water partition coefficient (Wildman–Crippen LogP) is 7.79. The van der Waals surface area contributed by atoms with Crippen LogP contribution in [-0.2, 0) is 21.9 Å². The molecule has 1 fully saturated rings. The highest BCUT2D eigenvalue weighted by molar-refractivity contribution is 8.00. The Morgan fingerprint density at radius 2 is 1.60 bits per heavy atom. The first-order valence-corrected chi connectivity index (χ1v) is 16.0. The zero-order chi connectivity index (χ0) is 31.5. The molecule has 7 nitrogen and oxygen atoms in total. The summed E-state index contributed by atoms with van der Waals surface area (Å²) >= 11 is 2.41. The van der Waals surface area contributed by atoms with Crippen molar-refractivity contribution in [3.05, 3.63) is 142 Å². The standard InChI is InChI=1S/C35H28FN3O4S2/c1-21-11-13-23(14-12-21)30-29(31(40)24-15-17-27(18-16-24)43-19-25-8-4-3-7-22(25)2)32(41)33(42)39(30)34-37-38-35(45-34)44-20-26-9-5-6-10-28(26)36/h3-18,30,40H,19-20H2,1-2H3. The van der Waals surface area contributed by atoms with E-state index < -0.39 is 17.7 Å². The molecule has 4 aromatic carbocycles. The lowest BCUT2D eigenvalue weighted by Crippen LogP contribution is -2.29. The van der Waals surface area contributed by atoms with Crippen LogP contribution >= 0.6 is 23.1 Å². The third-order valence-corrected chi connectivity index (χ3v) is 9.64. The van der Waals surface area contributed by atoms with Crippen LogP contribution in [0, 0.1) is 19.7 Å². The number of ketones is 1. The van der Waals surface area contributed by atoms with Gasteiger partial charge in [-0.2, -0.15) is 0 Å². The normalized spacial score (nSPS) is 15.9. The molecule has 10 heteroatoms. The molecule has 1 saturated heterocycles. The van der Waals surface area contributed by atoms with Gasteiger partial charge in [0, 0.05) is 11.3 Å². The number of carbonyl (C=O) groups is 2. The number of aliphatic hydroxyl groups excluding tert-OH is 1. The number of hydrogen-bond donors (Lipinski definition) is 1. The summed E-state index contributed by atoms with van der Waals surface area (Å²) in [5.41, 5.74) is 4.66. The molecule has 0 radical (unpaired) electrons. The van der Waals surface area contributed by atoms with E-state index in [-0.39, 0.29) is 22.3 Å². The molecule has 1 amide bonds. The molecule has 1 aliphatic heterocycles. The van der Waals surface area contributed by atoms with Gasteiger partial charge in [0.25, 0.3) is 5.78 Å². The van der Waals surface area contributed by atoms with Crippen molar-refractivity contribution in [2.24, 2.45) is 0 Å². The number of halogens is 1. The summed E-state index contributed by atoms with van der Waals surface area (Å²) in [6.07, 6.45) is 0. The molecule has 2 heterocycles. The number of rotatable bonds is 9. The Kier molecular flexibility index (Phi) is 8.77. The van der Waals surface area contributed by atoms with Crippen molar-refractivity contribution in [3.8, 4) is 5.75 Å². The second kappa shape index (κ2) is 13.1. The van der Waals surface area contributed by atoms with Crippen LogP contribution in [0.5, 0.6) is 5.75 Å². The van der Waals surface area contributed by atoms with Gasteiger partial charge in [-0.05, 0) is 66.4 Å². The Balaban J connectivity index is 1.30. The maximum atomic E-state index is 14.1. The Labute approximate surface area is 268 Å². The topological polar surface area (TPSA) is 92.6 Å². The predicted molar refractivity (Wildman–Crippen MR) is 174 cm³/mol. The van der Waals surface area contributed by atoms with E-state index in [1.54, 1.807) is 42.5 Å². The second-order valence-electron chi connectivity index (χ2n) is 10.5. The summed E-state index contributed by atoms with van der Waals surface area (Å²) in [7, 11) is 0. The number of Topliss-reactive ketones (excluding diaryl/α,β-unsaturated/α-hetero) is 1. The summed E-state index contributed by atoms with van der Waals surface area (Å²) in [4.78, 5) is 28.4. The van der Waals surface area contributed by atoms with Crippen molar-refractivity contribution in [2.75, 3.05) is 4.90 Å². The molecule has 45 heavy (non-hydrogen) atoms. The maximum Gasteiger partial charge on any atom is 0.301 e. The van der Waals surface area contributed by atoms with Crippen LogP contribution in [0.25, 0.3) is 5.76 Å². The van der Waals surface area contributed by atoms with E-state index in [4.69, 9.17) is 4.74 Å². The van der Waals surface area contributed by atoms with Gasteiger partial charge in [0.2, 0.25) is 5.13 Å². The van der Waals surface area contributed by atoms with E-state index in [0.717, 1.165) is 28.0 Å². The number of ether oxygens (including phenoxy) is 1. The number of aromatic nitrogens is 2. The van der Waals surface area contributed by atoms with Crippen LogP contribution in [0.15, 0.2) is 107 Å². The molecule has 0 saturated carbocycles. The van der Waals surface area contributed by atoms with Gasteiger partial charge in [0.1, 0.15) is 23.9 Å². The number of thioether (sulfide) groups is 1. The summed E-state index contributed by atoms with van der Waals surface area (Å²) < 4.78 is 20.6. The van der Waals surface area contributed by atoms with Gasteiger partial charge in [0.05, 0.1) is 11.6 Å². The Morgan fingerprint density at radius 3 is 2.31 bits per heavy atom. The molecule has 226 valence electrons. The lowest BCUT2D eigenvalue weighted by Gasteiger charge is -2.22. The smallest absolute Gasteiger partial charge is 0.301 e. The van der Waals surface area contributed by atoms with Crippen molar-refractivity contribution < 1.29 is 23.8 Å². The average Bonchev–Trinajstić information content (AvgIpc) is 3.62. The van der Waals surface area contributed by atoms with Gasteiger partial charge >= 0.3 is 5.91 Å². The monoisotopic (exact) mass is 637 g/mol. The highest BCUT2D eigenvalue weighted by atomic mass is 32.2. The molecule has 1 N–H and O–H groups in total. The van der Waals surface area contributed by atoms with Gasteiger partial charge in [-0.1, -0.05) is 95.4 Å².